The molecule has 0 spiro atoms. The molecule has 0 atom stereocenters. The third-order valence-corrected chi connectivity index (χ3v) is 3.14. The maximum Gasteiger partial charge on any atom is 0.339 e. The average Bonchev–Trinajstić information content (AvgIpc) is 2.56. The molecular formula is C16H13ClN2O4. The number of nitrogens with one attached hydrogen (secondary N) is 2. The van der Waals surface area contributed by atoms with Crippen LogP contribution < -0.4 is 10.6 Å². The lowest BCUT2D eigenvalue weighted by molar-refractivity contribution is -0.133. The van der Waals surface area contributed by atoms with Gasteiger partial charge in [0.15, 0.2) is 0 Å². The van der Waals surface area contributed by atoms with Crippen molar-refractivity contribution in [3.63, 3.8) is 0 Å². The van der Waals surface area contributed by atoms with Gasteiger partial charge in [-0.3, -0.25) is 9.59 Å². The Labute approximate surface area is 137 Å². The molecule has 0 aliphatic heterocycles. The summed E-state index contributed by atoms with van der Waals surface area (Å²) >= 11 is 5.74. The van der Waals surface area contributed by atoms with Gasteiger partial charge in [0, 0.05) is 10.7 Å². The zero-order chi connectivity index (χ0) is 16.8. The lowest BCUT2D eigenvalue weighted by atomic mass is 10.2. The van der Waals surface area contributed by atoms with E-state index in [-0.39, 0.29) is 11.3 Å². The van der Waals surface area contributed by atoms with E-state index in [0.717, 1.165) is 0 Å². The highest BCUT2D eigenvalue weighted by Crippen LogP contribution is 2.17. The minimum Gasteiger partial charge on any atom is -0.465 e. The van der Waals surface area contributed by atoms with Crippen LogP contribution in [0.3, 0.4) is 0 Å². The molecule has 2 amide bonds. The third kappa shape index (κ3) is 4.31. The first-order valence-electron chi connectivity index (χ1n) is 6.56. The van der Waals surface area contributed by atoms with E-state index < -0.39 is 17.8 Å². The summed E-state index contributed by atoms with van der Waals surface area (Å²) in [5, 5.41) is 5.32. The number of esters is 1. The summed E-state index contributed by atoms with van der Waals surface area (Å²) in [5.41, 5.74) is 0.772. The Morgan fingerprint density at radius 1 is 0.913 bits per heavy atom. The fourth-order valence-electron chi connectivity index (χ4n) is 1.78. The molecule has 0 aliphatic rings. The van der Waals surface area contributed by atoms with Crippen molar-refractivity contribution in [2.45, 2.75) is 0 Å². The zero-order valence-electron chi connectivity index (χ0n) is 12.1. The highest BCUT2D eigenvalue weighted by molar-refractivity contribution is 6.44. The number of ether oxygens (including phenoxy) is 1. The molecule has 0 heterocycles. The van der Waals surface area contributed by atoms with Crippen LogP contribution in [0, 0.1) is 0 Å². The van der Waals surface area contributed by atoms with Gasteiger partial charge in [-0.2, -0.15) is 0 Å². The molecule has 0 unspecified atom stereocenters. The van der Waals surface area contributed by atoms with Gasteiger partial charge in [-0.25, -0.2) is 4.79 Å². The van der Waals surface area contributed by atoms with Crippen molar-refractivity contribution in [3.8, 4) is 0 Å². The van der Waals surface area contributed by atoms with Crippen molar-refractivity contribution in [1.82, 2.24) is 0 Å². The molecule has 2 aromatic rings. The molecule has 2 N–H and O–H groups in total. The van der Waals surface area contributed by atoms with Crippen molar-refractivity contribution in [2.75, 3.05) is 17.7 Å². The number of carbonyl (C=O) groups is 3. The standard InChI is InChI=1S/C16H13ClN2O4/c1-23-16(22)12-4-2-3-5-13(12)19-15(21)14(20)18-11-8-6-10(17)7-9-11/h2-9H,1H3,(H,18,20)(H,19,21). The predicted molar refractivity (Wildman–Crippen MR) is 86.5 cm³/mol. The Morgan fingerprint density at radius 2 is 1.52 bits per heavy atom. The lowest BCUT2D eigenvalue weighted by Crippen LogP contribution is -2.29. The number of carbonyl (C=O) groups excluding carboxylic acids is 3. The van der Waals surface area contributed by atoms with Gasteiger partial charge in [0.1, 0.15) is 0 Å². The van der Waals surface area contributed by atoms with Crippen molar-refractivity contribution in [1.29, 1.82) is 0 Å². The summed E-state index contributed by atoms with van der Waals surface area (Å²) in [7, 11) is 1.23. The van der Waals surface area contributed by atoms with E-state index in [1.165, 1.54) is 19.2 Å². The van der Waals surface area contributed by atoms with Crippen LogP contribution in [0.5, 0.6) is 0 Å². The number of amides is 2. The molecule has 0 radical (unpaired) electrons. The Kier molecular flexibility index (Phi) is 5.32. The largest absolute Gasteiger partial charge is 0.465 e. The SMILES string of the molecule is COC(=O)c1ccccc1NC(=O)C(=O)Nc1ccc(Cl)cc1. The first kappa shape index (κ1) is 16.5. The predicted octanol–water partition coefficient (Wildman–Crippen LogP) is 2.70. The molecule has 6 nitrogen and oxygen atoms in total. The number of methoxy groups -OCH3 is 1. The lowest BCUT2D eigenvalue weighted by Gasteiger charge is -2.09. The molecule has 0 saturated carbocycles. The van der Waals surface area contributed by atoms with Crippen LogP contribution in [0.2, 0.25) is 5.02 Å². The van der Waals surface area contributed by atoms with Crippen LogP contribution in [0.15, 0.2) is 48.5 Å². The Balaban J connectivity index is 2.08. The van der Waals surface area contributed by atoms with Gasteiger partial charge in [0.25, 0.3) is 0 Å². The fourth-order valence-corrected chi connectivity index (χ4v) is 1.91. The molecule has 0 aliphatic carbocycles. The van der Waals surface area contributed by atoms with Gasteiger partial charge in [-0.05, 0) is 36.4 Å². The van der Waals surface area contributed by atoms with Gasteiger partial charge in [0.05, 0.1) is 18.4 Å². The number of hydrogen-bond acceptors (Lipinski definition) is 4. The number of hydrogen-bond donors (Lipinski definition) is 2. The smallest absolute Gasteiger partial charge is 0.339 e. The molecule has 118 valence electrons. The molecule has 0 bridgehead atoms. The highest BCUT2D eigenvalue weighted by Gasteiger charge is 2.18. The average molecular weight is 333 g/mol. The molecular weight excluding hydrogens is 320 g/mol. The van der Waals surface area contributed by atoms with E-state index in [4.69, 9.17) is 11.6 Å². The molecule has 2 rings (SSSR count). The summed E-state index contributed by atoms with van der Waals surface area (Å²) in [4.78, 5) is 35.4. The maximum absolute atomic E-state index is 11.9. The third-order valence-electron chi connectivity index (χ3n) is 2.89. The maximum atomic E-state index is 11.9. The Morgan fingerprint density at radius 3 is 2.17 bits per heavy atom. The van der Waals surface area contributed by atoms with E-state index in [2.05, 4.69) is 15.4 Å². The summed E-state index contributed by atoms with van der Waals surface area (Å²) < 4.78 is 4.62. The van der Waals surface area contributed by atoms with E-state index in [1.807, 2.05) is 0 Å². The van der Waals surface area contributed by atoms with Crippen LogP contribution in [-0.2, 0) is 14.3 Å². The van der Waals surface area contributed by atoms with Crippen LogP contribution in [0.25, 0.3) is 0 Å². The van der Waals surface area contributed by atoms with E-state index in [9.17, 15) is 14.4 Å². The first-order valence-corrected chi connectivity index (χ1v) is 6.94. The van der Waals surface area contributed by atoms with Gasteiger partial charge in [-0.1, -0.05) is 23.7 Å². The van der Waals surface area contributed by atoms with Gasteiger partial charge in [0.2, 0.25) is 0 Å². The van der Waals surface area contributed by atoms with Crippen molar-refractivity contribution in [3.05, 3.63) is 59.1 Å². The van der Waals surface area contributed by atoms with Gasteiger partial charge >= 0.3 is 17.8 Å². The minimum absolute atomic E-state index is 0.155. The fraction of sp³-hybridized carbons (Fsp3) is 0.0625. The monoisotopic (exact) mass is 332 g/mol. The molecule has 0 saturated heterocycles. The van der Waals surface area contributed by atoms with Crippen LogP contribution in [0.1, 0.15) is 10.4 Å². The second kappa shape index (κ2) is 7.42. The topological polar surface area (TPSA) is 84.5 Å². The zero-order valence-corrected chi connectivity index (χ0v) is 12.9. The molecule has 0 fully saturated rings. The first-order chi connectivity index (χ1) is 11.0. The van der Waals surface area contributed by atoms with Crippen molar-refractivity contribution < 1.29 is 19.1 Å². The number of anilines is 2. The quantitative estimate of drug-likeness (QED) is 0.668. The molecule has 7 heteroatoms. The number of rotatable bonds is 3. The van der Waals surface area contributed by atoms with Crippen LogP contribution in [0.4, 0.5) is 11.4 Å². The van der Waals surface area contributed by atoms with Crippen molar-refractivity contribution >= 4 is 40.8 Å². The van der Waals surface area contributed by atoms with Crippen molar-refractivity contribution in [2.24, 2.45) is 0 Å². The second-order valence-corrected chi connectivity index (χ2v) is 4.89. The second-order valence-electron chi connectivity index (χ2n) is 4.45. The van der Waals surface area contributed by atoms with E-state index in [0.29, 0.717) is 10.7 Å². The normalized spacial score (nSPS) is 9.83. The van der Waals surface area contributed by atoms with Crippen LogP contribution >= 0.6 is 11.6 Å². The Hall–Kier alpha value is -2.86. The minimum atomic E-state index is -0.906. The van der Waals surface area contributed by atoms with E-state index >= 15 is 0 Å². The van der Waals surface area contributed by atoms with Gasteiger partial charge in [-0.15, -0.1) is 0 Å². The number of para-hydroxylation sites is 1. The van der Waals surface area contributed by atoms with Gasteiger partial charge < -0.3 is 15.4 Å². The summed E-state index contributed by atoms with van der Waals surface area (Å²) in [6, 6.07) is 12.5. The highest BCUT2D eigenvalue weighted by atomic mass is 35.5. The summed E-state index contributed by atoms with van der Waals surface area (Å²) in [6.45, 7) is 0. The number of halogens is 1. The van der Waals surface area contributed by atoms with E-state index in [1.54, 1.807) is 36.4 Å². The Bertz CT molecular complexity index is 744. The number of benzene rings is 2. The molecule has 23 heavy (non-hydrogen) atoms. The molecule has 0 aromatic heterocycles. The summed E-state index contributed by atoms with van der Waals surface area (Å²) in [5.74, 6) is -2.39. The van der Waals surface area contributed by atoms with Crippen LogP contribution in [-0.4, -0.2) is 24.9 Å². The molecule has 2 aromatic carbocycles. The summed E-state index contributed by atoms with van der Waals surface area (Å²) in [6.07, 6.45) is 0.